The lowest BCUT2D eigenvalue weighted by Crippen LogP contribution is -2.12. The molecule has 6 rings (SSSR count). The number of hydrogen-bond donors (Lipinski definition) is 1. The number of aromatic nitrogens is 3. The Hall–Kier alpha value is -4.37. The zero-order chi connectivity index (χ0) is 23.1. The summed E-state index contributed by atoms with van der Waals surface area (Å²) in [6.07, 6.45) is 3.18. The van der Waals surface area contributed by atoms with E-state index in [-0.39, 0.29) is 12.7 Å². The third-order valence-electron chi connectivity index (χ3n) is 5.26. The molecule has 4 heterocycles. The Kier molecular flexibility index (Phi) is 4.88. The smallest absolute Gasteiger partial charge is 0.249 e. The van der Waals surface area contributed by atoms with E-state index in [1.807, 2.05) is 60.8 Å². The standard InChI is InChI=1S/C25H18N4O4S/c1-15-10-23(27-24(30)9-7-16-6-8-20-22(11-16)32-14-31-20)29(28-15)25-26-18(13-34-25)21-12-17-4-2-3-5-19(17)33-21/h2-13H,14H2,1H3,(H,27,30)/b9-7+. The van der Waals surface area contributed by atoms with Crippen LogP contribution in [-0.2, 0) is 4.79 Å². The number of amides is 1. The summed E-state index contributed by atoms with van der Waals surface area (Å²) >= 11 is 1.42. The molecule has 0 unspecified atom stereocenters. The number of carbonyl (C=O) groups excluding carboxylic acids is 1. The number of nitrogens with zero attached hydrogens (tertiary/aromatic N) is 3. The van der Waals surface area contributed by atoms with Gasteiger partial charge in [0.15, 0.2) is 17.3 Å². The fourth-order valence-electron chi connectivity index (χ4n) is 3.67. The van der Waals surface area contributed by atoms with Crippen LogP contribution < -0.4 is 14.8 Å². The molecule has 0 fully saturated rings. The van der Waals surface area contributed by atoms with Crippen molar-refractivity contribution in [2.24, 2.45) is 0 Å². The number of anilines is 1. The second-order valence-corrected chi connectivity index (χ2v) is 8.52. The lowest BCUT2D eigenvalue weighted by molar-refractivity contribution is -0.111. The van der Waals surface area contributed by atoms with Crippen molar-refractivity contribution in [1.82, 2.24) is 14.8 Å². The average Bonchev–Trinajstić information content (AvgIpc) is 3.62. The average molecular weight is 471 g/mol. The van der Waals surface area contributed by atoms with Gasteiger partial charge in [0.2, 0.25) is 17.8 Å². The minimum Gasteiger partial charge on any atom is -0.454 e. The molecule has 1 amide bonds. The van der Waals surface area contributed by atoms with Crippen molar-refractivity contribution in [2.45, 2.75) is 6.92 Å². The molecule has 1 aliphatic rings. The van der Waals surface area contributed by atoms with Crippen molar-refractivity contribution >= 4 is 40.1 Å². The summed E-state index contributed by atoms with van der Waals surface area (Å²) in [4.78, 5) is 17.3. The quantitative estimate of drug-likeness (QED) is 0.344. The predicted octanol–water partition coefficient (Wildman–Crippen LogP) is 5.43. The number of benzene rings is 2. The normalized spacial score (nSPS) is 12.6. The molecular formula is C25H18N4O4S. The summed E-state index contributed by atoms with van der Waals surface area (Å²) < 4.78 is 18.2. The molecule has 5 aromatic rings. The van der Waals surface area contributed by atoms with Crippen LogP contribution in [0.3, 0.4) is 0 Å². The minimum atomic E-state index is -0.284. The summed E-state index contributed by atoms with van der Waals surface area (Å²) in [7, 11) is 0. The zero-order valence-corrected chi connectivity index (χ0v) is 18.8. The molecule has 1 N–H and O–H groups in total. The molecule has 0 radical (unpaired) electrons. The number of carbonyl (C=O) groups is 1. The van der Waals surface area contributed by atoms with Gasteiger partial charge >= 0.3 is 0 Å². The Morgan fingerprint density at radius 1 is 1.12 bits per heavy atom. The van der Waals surface area contributed by atoms with Crippen LogP contribution in [-0.4, -0.2) is 27.5 Å². The summed E-state index contributed by atoms with van der Waals surface area (Å²) in [6.45, 7) is 2.07. The molecule has 0 atom stereocenters. The van der Waals surface area contributed by atoms with Gasteiger partial charge in [-0.3, -0.25) is 4.79 Å². The van der Waals surface area contributed by atoms with E-state index in [1.54, 1.807) is 16.8 Å². The number of para-hydroxylation sites is 1. The van der Waals surface area contributed by atoms with Crippen LogP contribution in [0, 0.1) is 6.92 Å². The summed E-state index contributed by atoms with van der Waals surface area (Å²) in [5, 5.41) is 10.9. The minimum absolute atomic E-state index is 0.209. The van der Waals surface area contributed by atoms with Crippen molar-refractivity contribution in [3.8, 4) is 28.1 Å². The lowest BCUT2D eigenvalue weighted by Gasteiger charge is -2.04. The molecule has 0 spiro atoms. The van der Waals surface area contributed by atoms with Gasteiger partial charge in [-0.25, -0.2) is 4.98 Å². The maximum Gasteiger partial charge on any atom is 0.249 e. The van der Waals surface area contributed by atoms with Crippen LogP contribution in [0.5, 0.6) is 11.5 Å². The van der Waals surface area contributed by atoms with Crippen molar-refractivity contribution in [1.29, 1.82) is 0 Å². The van der Waals surface area contributed by atoms with Crippen LogP contribution in [0.1, 0.15) is 11.3 Å². The van der Waals surface area contributed by atoms with E-state index < -0.39 is 0 Å². The first kappa shape index (κ1) is 20.3. The first-order valence-corrected chi connectivity index (χ1v) is 11.4. The molecule has 1 aliphatic heterocycles. The summed E-state index contributed by atoms with van der Waals surface area (Å²) in [6, 6.07) is 17.1. The maximum absolute atomic E-state index is 12.6. The van der Waals surface area contributed by atoms with Gasteiger partial charge < -0.3 is 19.2 Å². The number of rotatable bonds is 5. The van der Waals surface area contributed by atoms with Gasteiger partial charge in [-0.1, -0.05) is 24.3 Å². The number of aryl methyl sites for hydroxylation is 1. The molecule has 3 aromatic heterocycles. The molecule has 9 heteroatoms. The Morgan fingerprint density at radius 2 is 2.00 bits per heavy atom. The molecule has 0 aliphatic carbocycles. The van der Waals surface area contributed by atoms with E-state index in [2.05, 4.69) is 15.4 Å². The van der Waals surface area contributed by atoms with Gasteiger partial charge in [0.25, 0.3) is 0 Å². The van der Waals surface area contributed by atoms with Gasteiger partial charge in [-0.05, 0) is 42.8 Å². The SMILES string of the molecule is Cc1cc(NC(=O)/C=C/c2ccc3c(c2)OCO3)n(-c2nc(-c3cc4ccccc4o3)cs2)n1. The first-order chi connectivity index (χ1) is 16.6. The fourth-order valence-corrected chi connectivity index (χ4v) is 4.45. The molecule has 8 nitrogen and oxygen atoms in total. The number of ether oxygens (including phenoxy) is 2. The largest absolute Gasteiger partial charge is 0.454 e. The summed E-state index contributed by atoms with van der Waals surface area (Å²) in [5.41, 5.74) is 3.11. The van der Waals surface area contributed by atoms with Gasteiger partial charge in [-0.2, -0.15) is 9.78 Å². The molecule has 0 saturated carbocycles. The van der Waals surface area contributed by atoms with Crippen LogP contribution in [0.25, 0.3) is 33.6 Å². The molecule has 168 valence electrons. The van der Waals surface area contributed by atoms with E-state index in [0.717, 1.165) is 22.2 Å². The highest BCUT2D eigenvalue weighted by atomic mass is 32.1. The third-order valence-corrected chi connectivity index (χ3v) is 6.07. The van der Waals surface area contributed by atoms with Gasteiger partial charge in [0.05, 0.1) is 5.69 Å². The van der Waals surface area contributed by atoms with Crippen LogP contribution in [0.4, 0.5) is 5.82 Å². The van der Waals surface area contributed by atoms with Crippen molar-refractivity contribution < 1.29 is 18.7 Å². The number of hydrogen-bond acceptors (Lipinski definition) is 7. The predicted molar refractivity (Wildman–Crippen MR) is 129 cm³/mol. The van der Waals surface area contributed by atoms with E-state index in [1.165, 1.54) is 17.4 Å². The Morgan fingerprint density at radius 3 is 2.91 bits per heavy atom. The van der Waals surface area contributed by atoms with E-state index in [9.17, 15) is 4.79 Å². The van der Waals surface area contributed by atoms with E-state index in [4.69, 9.17) is 13.9 Å². The van der Waals surface area contributed by atoms with Crippen LogP contribution in [0.2, 0.25) is 0 Å². The number of fused-ring (bicyclic) bond motifs is 2. The highest BCUT2D eigenvalue weighted by Gasteiger charge is 2.16. The summed E-state index contributed by atoms with van der Waals surface area (Å²) in [5.74, 6) is 2.30. The van der Waals surface area contributed by atoms with Crippen LogP contribution >= 0.6 is 11.3 Å². The zero-order valence-electron chi connectivity index (χ0n) is 18.0. The van der Waals surface area contributed by atoms with Crippen LogP contribution in [0.15, 0.2) is 70.5 Å². The Bertz CT molecular complexity index is 1530. The van der Waals surface area contributed by atoms with E-state index in [0.29, 0.717) is 33.9 Å². The Labute approximate surface area is 198 Å². The third kappa shape index (κ3) is 3.82. The second-order valence-electron chi connectivity index (χ2n) is 7.68. The Balaban J connectivity index is 1.22. The molecule has 2 aromatic carbocycles. The number of thiazole rings is 1. The second kappa shape index (κ2) is 8.20. The van der Waals surface area contributed by atoms with E-state index >= 15 is 0 Å². The van der Waals surface area contributed by atoms with Gasteiger partial charge in [-0.15, -0.1) is 11.3 Å². The lowest BCUT2D eigenvalue weighted by atomic mass is 10.2. The number of furan rings is 1. The van der Waals surface area contributed by atoms with Crippen molar-refractivity contribution in [3.05, 3.63) is 77.3 Å². The highest BCUT2D eigenvalue weighted by Crippen LogP contribution is 2.33. The van der Waals surface area contributed by atoms with Crippen molar-refractivity contribution in [3.63, 3.8) is 0 Å². The number of nitrogens with one attached hydrogen (secondary N) is 1. The monoisotopic (exact) mass is 470 g/mol. The van der Waals surface area contributed by atoms with Gasteiger partial charge in [0.1, 0.15) is 17.1 Å². The molecular weight excluding hydrogens is 452 g/mol. The molecule has 34 heavy (non-hydrogen) atoms. The van der Waals surface area contributed by atoms with Gasteiger partial charge in [0, 0.05) is 22.9 Å². The fraction of sp³-hybridized carbons (Fsp3) is 0.0800. The van der Waals surface area contributed by atoms with Crippen molar-refractivity contribution in [2.75, 3.05) is 12.1 Å². The first-order valence-electron chi connectivity index (χ1n) is 10.5. The maximum atomic E-state index is 12.6. The molecule has 0 bridgehead atoms. The highest BCUT2D eigenvalue weighted by molar-refractivity contribution is 7.12. The molecule has 0 saturated heterocycles. The topological polar surface area (TPSA) is 91.4 Å².